The summed E-state index contributed by atoms with van der Waals surface area (Å²) in [5.74, 6) is -0.568. The number of hydrogen-bond acceptors (Lipinski definition) is 2. The van der Waals surface area contributed by atoms with Crippen molar-refractivity contribution in [3.63, 3.8) is 0 Å². The van der Waals surface area contributed by atoms with Gasteiger partial charge in [0, 0.05) is 30.6 Å². The van der Waals surface area contributed by atoms with E-state index in [-0.39, 0.29) is 23.0 Å². The summed E-state index contributed by atoms with van der Waals surface area (Å²) in [6, 6.07) is 13.5. The van der Waals surface area contributed by atoms with Gasteiger partial charge in [-0.2, -0.15) is 0 Å². The number of nitrogens with one attached hydrogen (secondary N) is 2. The van der Waals surface area contributed by atoms with Crippen LogP contribution in [0.4, 0.5) is 4.39 Å². The first kappa shape index (κ1) is 17.9. The van der Waals surface area contributed by atoms with Crippen LogP contribution in [-0.4, -0.2) is 25.4 Å². The van der Waals surface area contributed by atoms with Crippen LogP contribution in [0.15, 0.2) is 54.6 Å². The molecule has 26 heavy (non-hydrogen) atoms. The summed E-state index contributed by atoms with van der Waals surface area (Å²) in [7, 11) is 1.58. The molecule has 0 spiro atoms. The Balaban J connectivity index is 1.55. The Bertz CT molecular complexity index is 822. The van der Waals surface area contributed by atoms with Crippen LogP contribution < -0.4 is 10.6 Å². The molecule has 0 unspecified atom stereocenters. The van der Waals surface area contributed by atoms with Gasteiger partial charge in [-0.25, -0.2) is 4.39 Å². The normalized spacial score (nSPS) is 14.8. The van der Waals surface area contributed by atoms with Crippen LogP contribution in [0, 0.1) is 5.82 Å². The predicted octanol–water partition coefficient (Wildman–Crippen LogP) is 3.05. The van der Waals surface area contributed by atoms with Crippen LogP contribution in [0.5, 0.6) is 0 Å². The van der Waals surface area contributed by atoms with Crippen LogP contribution in [0.25, 0.3) is 6.08 Å². The van der Waals surface area contributed by atoms with E-state index in [4.69, 9.17) is 0 Å². The monoisotopic (exact) mass is 352 g/mol. The second kappa shape index (κ2) is 7.52. The lowest BCUT2D eigenvalue weighted by Crippen LogP contribution is -2.31. The highest BCUT2D eigenvalue weighted by molar-refractivity contribution is 5.94. The van der Waals surface area contributed by atoms with E-state index in [0.717, 1.165) is 24.0 Å². The molecule has 0 aromatic heterocycles. The molecule has 0 heterocycles. The van der Waals surface area contributed by atoms with Crippen molar-refractivity contribution in [1.82, 2.24) is 10.6 Å². The van der Waals surface area contributed by atoms with Gasteiger partial charge in [0.2, 0.25) is 5.91 Å². The van der Waals surface area contributed by atoms with Gasteiger partial charge in [-0.15, -0.1) is 0 Å². The molecule has 2 aromatic carbocycles. The summed E-state index contributed by atoms with van der Waals surface area (Å²) < 4.78 is 13.1. The van der Waals surface area contributed by atoms with Crippen molar-refractivity contribution < 1.29 is 14.0 Å². The van der Waals surface area contributed by atoms with Gasteiger partial charge in [0.05, 0.1) is 0 Å². The van der Waals surface area contributed by atoms with Crippen LogP contribution in [0.1, 0.15) is 34.3 Å². The molecule has 0 aliphatic heterocycles. The number of halogens is 1. The molecule has 0 radical (unpaired) electrons. The second-order valence-electron chi connectivity index (χ2n) is 6.54. The number of carbonyl (C=O) groups is 2. The molecular weight excluding hydrogens is 331 g/mol. The molecule has 2 amide bonds. The van der Waals surface area contributed by atoms with Gasteiger partial charge in [0.25, 0.3) is 5.91 Å². The van der Waals surface area contributed by atoms with E-state index >= 15 is 0 Å². The van der Waals surface area contributed by atoms with Crippen LogP contribution in [0.2, 0.25) is 0 Å². The average molecular weight is 352 g/mol. The Kier molecular flexibility index (Phi) is 5.16. The van der Waals surface area contributed by atoms with Crippen LogP contribution >= 0.6 is 0 Å². The van der Waals surface area contributed by atoms with Crippen molar-refractivity contribution in [2.75, 3.05) is 13.6 Å². The van der Waals surface area contributed by atoms with Crippen molar-refractivity contribution in [1.29, 1.82) is 0 Å². The lowest BCUT2D eigenvalue weighted by atomic mass is 9.96. The Morgan fingerprint density at radius 2 is 1.73 bits per heavy atom. The SMILES string of the molecule is CNC(=O)c1ccc(C=CC(=O)NCC2(c3ccc(F)cc3)CC2)cc1. The molecule has 0 atom stereocenters. The van der Waals surface area contributed by atoms with Gasteiger partial charge >= 0.3 is 0 Å². The molecule has 1 aliphatic carbocycles. The molecule has 0 bridgehead atoms. The highest BCUT2D eigenvalue weighted by Crippen LogP contribution is 2.47. The molecule has 4 nitrogen and oxygen atoms in total. The van der Waals surface area contributed by atoms with E-state index in [1.54, 1.807) is 49.5 Å². The van der Waals surface area contributed by atoms with E-state index in [0.29, 0.717) is 12.1 Å². The third-order valence-electron chi connectivity index (χ3n) is 4.74. The highest BCUT2D eigenvalue weighted by atomic mass is 19.1. The molecule has 0 saturated heterocycles. The zero-order chi connectivity index (χ0) is 18.6. The topological polar surface area (TPSA) is 58.2 Å². The summed E-state index contributed by atoms with van der Waals surface area (Å²) in [4.78, 5) is 23.6. The molecule has 5 heteroatoms. The third-order valence-corrected chi connectivity index (χ3v) is 4.74. The standard InChI is InChI=1S/C21H21FN2O2/c1-23-20(26)16-5-2-15(3-6-16)4-11-19(25)24-14-21(12-13-21)17-7-9-18(22)10-8-17/h2-11H,12-14H2,1H3,(H,23,26)(H,24,25). The zero-order valence-corrected chi connectivity index (χ0v) is 14.6. The summed E-state index contributed by atoms with van der Waals surface area (Å²) >= 11 is 0. The number of rotatable bonds is 6. The van der Waals surface area contributed by atoms with E-state index in [2.05, 4.69) is 10.6 Å². The molecule has 2 N–H and O–H groups in total. The fraction of sp³-hybridized carbons (Fsp3) is 0.238. The minimum Gasteiger partial charge on any atom is -0.355 e. The van der Waals surface area contributed by atoms with Crippen molar-refractivity contribution in [2.24, 2.45) is 0 Å². The summed E-state index contributed by atoms with van der Waals surface area (Å²) in [6.45, 7) is 0.539. The summed E-state index contributed by atoms with van der Waals surface area (Å²) in [5, 5.41) is 5.49. The van der Waals surface area contributed by atoms with Crippen molar-refractivity contribution in [3.8, 4) is 0 Å². The van der Waals surface area contributed by atoms with E-state index in [9.17, 15) is 14.0 Å². The van der Waals surface area contributed by atoms with Crippen molar-refractivity contribution >= 4 is 17.9 Å². The number of amides is 2. The second-order valence-corrected chi connectivity index (χ2v) is 6.54. The average Bonchev–Trinajstić information content (AvgIpc) is 3.46. The van der Waals surface area contributed by atoms with E-state index < -0.39 is 0 Å². The summed E-state index contributed by atoms with van der Waals surface area (Å²) in [5.41, 5.74) is 2.41. The summed E-state index contributed by atoms with van der Waals surface area (Å²) in [6.07, 6.45) is 5.17. The quantitative estimate of drug-likeness (QED) is 0.785. The maximum atomic E-state index is 13.1. The Morgan fingerprint density at radius 3 is 2.31 bits per heavy atom. The van der Waals surface area contributed by atoms with Crippen LogP contribution in [0.3, 0.4) is 0 Å². The Hall–Kier alpha value is -2.95. The van der Waals surface area contributed by atoms with Gasteiger partial charge in [0.15, 0.2) is 0 Å². The largest absolute Gasteiger partial charge is 0.355 e. The van der Waals surface area contributed by atoms with Gasteiger partial charge in [-0.1, -0.05) is 24.3 Å². The van der Waals surface area contributed by atoms with Gasteiger partial charge in [-0.05, 0) is 54.3 Å². The third kappa shape index (κ3) is 4.17. The minimum absolute atomic E-state index is 0.0631. The fourth-order valence-electron chi connectivity index (χ4n) is 2.90. The first-order valence-electron chi connectivity index (χ1n) is 8.56. The molecule has 1 fully saturated rings. The van der Waals surface area contributed by atoms with E-state index in [1.807, 2.05) is 0 Å². The first-order valence-corrected chi connectivity index (χ1v) is 8.56. The molecule has 1 aliphatic rings. The van der Waals surface area contributed by atoms with Crippen molar-refractivity contribution in [3.05, 3.63) is 77.1 Å². The number of benzene rings is 2. The molecular formula is C21H21FN2O2. The van der Waals surface area contributed by atoms with Gasteiger partial charge < -0.3 is 10.6 Å². The Morgan fingerprint density at radius 1 is 1.08 bits per heavy atom. The number of hydrogen-bond donors (Lipinski definition) is 2. The van der Waals surface area contributed by atoms with E-state index in [1.165, 1.54) is 18.2 Å². The first-order chi connectivity index (χ1) is 12.5. The lowest BCUT2D eigenvalue weighted by molar-refractivity contribution is -0.116. The molecule has 1 saturated carbocycles. The zero-order valence-electron chi connectivity index (χ0n) is 14.6. The van der Waals surface area contributed by atoms with Crippen molar-refractivity contribution in [2.45, 2.75) is 18.3 Å². The molecule has 2 aromatic rings. The maximum absolute atomic E-state index is 13.1. The molecule has 134 valence electrons. The van der Waals surface area contributed by atoms with Crippen LogP contribution in [-0.2, 0) is 10.2 Å². The highest BCUT2D eigenvalue weighted by Gasteiger charge is 2.44. The number of carbonyl (C=O) groups excluding carboxylic acids is 2. The molecule has 3 rings (SSSR count). The smallest absolute Gasteiger partial charge is 0.251 e. The lowest BCUT2D eigenvalue weighted by Gasteiger charge is -2.16. The van der Waals surface area contributed by atoms with Gasteiger partial charge in [0.1, 0.15) is 5.82 Å². The van der Waals surface area contributed by atoms with Gasteiger partial charge in [-0.3, -0.25) is 9.59 Å². The minimum atomic E-state index is -0.251. The fourth-order valence-corrected chi connectivity index (χ4v) is 2.90. The predicted molar refractivity (Wildman–Crippen MR) is 99.2 cm³/mol. The Labute approximate surface area is 152 Å². The maximum Gasteiger partial charge on any atom is 0.251 e.